The van der Waals surface area contributed by atoms with Gasteiger partial charge in [-0.1, -0.05) is 18.2 Å². The van der Waals surface area contributed by atoms with Crippen LogP contribution in [0.1, 0.15) is 12.1 Å². The lowest BCUT2D eigenvalue weighted by atomic mass is 10.0. The van der Waals surface area contributed by atoms with E-state index in [2.05, 4.69) is 9.97 Å². The molecule has 1 aliphatic rings. The van der Waals surface area contributed by atoms with E-state index in [9.17, 15) is 17.2 Å². The Balaban J connectivity index is 1.80. The maximum Gasteiger partial charge on any atom is 0.211 e. The molecule has 0 atom stereocenters. The van der Waals surface area contributed by atoms with Crippen LogP contribution < -0.4 is 0 Å². The molecule has 0 unspecified atom stereocenters. The highest BCUT2D eigenvalue weighted by Gasteiger charge is 2.23. The van der Waals surface area contributed by atoms with Crippen LogP contribution in [0.5, 0.6) is 0 Å². The molecule has 27 heavy (non-hydrogen) atoms. The normalized spacial score (nSPS) is 15.9. The van der Waals surface area contributed by atoms with Gasteiger partial charge in [0.2, 0.25) is 10.0 Å². The maximum absolute atomic E-state index is 14.3. The van der Waals surface area contributed by atoms with Crippen LogP contribution in [0, 0.1) is 11.6 Å². The van der Waals surface area contributed by atoms with Crippen LogP contribution in [0.3, 0.4) is 0 Å². The summed E-state index contributed by atoms with van der Waals surface area (Å²) < 4.78 is 53.0. The zero-order chi connectivity index (χ0) is 19.2. The fourth-order valence-electron chi connectivity index (χ4n) is 3.34. The van der Waals surface area contributed by atoms with Crippen molar-refractivity contribution in [3.63, 3.8) is 0 Å². The number of rotatable bonds is 3. The molecule has 0 fully saturated rings. The Hall–Kier alpha value is -2.58. The van der Waals surface area contributed by atoms with Gasteiger partial charge < -0.3 is 4.98 Å². The minimum atomic E-state index is -3.29. The Bertz CT molecular complexity index is 1170. The maximum atomic E-state index is 14.3. The molecule has 0 radical (unpaired) electrons. The first-order valence-corrected chi connectivity index (χ1v) is 10.3. The van der Waals surface area contributed by atoms with Gasteiger partial charge in [-0.2, -0.15) is 4.31 Å². The van der Waals surface area contributed by atoms with Crippen molar-refractivity contribution in [2.24, 2.45) is 0 Å². The minimum absolute atomic E-state index is 0.156. The molecule has 0 spiro atoms. The van der Waals surface area contributed by atoms with Gasteiger partial charge in [0.05, 0.1) is 6.26 Å². The molecule has 5 nitrogen and oxygen atoms in total. The number of H-pyrrole nitrogens is 1. The van der Waals surface area contributed by atoms with Gasteiger partial charge in [-0.3, -0.25) is 0 Å². The number of nitrogens with one attached hydrogen (secondary N) is 1. The molecule has 1 aliphatic heterocycles. The number of hydrogen-bond acceptors (Lipinski definition) is 3. The summed E-state index contributed by atoms with van der Waals surface area (Å²) in [5.41, 5.74) is 2.76. The van der Waals surface area contributed by atoms with Gasteiger partial charge in [0.15, 0.2) is 11.6 Å². The van der Waals surface area contributed by atoms with Crippen LogP contribution in [-0.4, -0.2) is 42.0 Å². The number of sulfonamides is 1. The predicted molar refractivity (Wildman–Crippen MR) is 100 cm³/mol. The highest BCUT2D eigenvalue weighted by atomic mass is 32.2. The number of aromatic amines is 1. The molecular formula is C19H17F2N3O2S. The summed E-state index contributed by atoms with van der Waals surface area (Å²) >= 11 is 0. The van der Waals surface area contributed by atoms with Gasteiger partial charge in [0.25, 0.3) is 0 Å². The quantitative estimate of drug-likeness (QED) is 0.745. The first-order chi connectivity index (χ1) is 12.8. The number of halogens is 2. The van der Waals surface area contributed by atoms with E-state index in [1.165, 1.54) is 28.9 Å². The molecular weight excluding hydrogens is 372 g/mol. The first kappa shape index (κ1) is 17.8. The van der Waals surface area contributed by atoms with Gasteiger partial charge in [-0.25, -0.2) is 22.2 Å². The van der Waals surface area contributed by atoms with Crippen molar-refractivity contribution in [3.05, 3.63) is 59.9 Å². The Labute approximate surface area is 155 Å². The molecule has 1 N–H and O–H groups in total. The number of pyridine rings is 1. The van der Waals surface area contributed by atoms with E-state index in [1.807, 2.05) is 6.08 Å². The van der Waals surface area contributed by atoms with Crippen molar-refractivity contribution in [2.45, 2.75) is 6.42 Å². The monoisotopic (exact) mass is 389 g/mol. The minimum Gasteiger partial charge on any atom is -0.339 e. The van der Waals surface area contributed by atoms with Gasteiger partial charge in [-0.05, 0) is 35.8 Å². The Morgan fingerprint density at radius 2 is 2.00 bits per heavy atom. The van der Waals surface area contributed by atoms with Gasteiger partial charge in [0.1, 0.15) is 5.65 Å². The Kier molecular flexibility index (Phi) is 4.32. The van der Waals surface area contributed by atoms with E-state index >= 15 is 0 Å². The molecule has 1 aromatic carbocycles. The Morgan fingerprint density at radius 3 is 2.78 bits per heavy atom. The number of aromatic nitrogens is 2. The summed E-state index contributed by atoms with van der Waals surface area (Å²) in [5, 5.41) is 0.648. The second-order valence-electron chi connectivity index (χ2n) is 6.52. The van der Waals surface area contributed by atoms with Gasteiger partial charge >= 0.3 is 0 Å². The van der Waals surface area contributed by atoms with Crippen LogP contribution >= 0.6 is 0 Å². The highest BCUT2D eigenvalue weighted by molar-refractivity contribution is 7.88. The summed E-state index contributed by atoms with van der Waals surface area (Å²) in [5.74, 6) is -1.82. The summed E-state index contributed by atoms with van der Waals surface area (Å²) in [7, 11) is -3.29. The predicted octanol–water partition coefficient (Wildman–Crippen LogP) is 3.56. The zero-order valence-corrected chi connectivity index (χ0v) is 15.4. The van der Waals surface area contributed by atoms with E-state index in [4.69, 9.17) is 0 Å². The van der Waals surface area contributed by atoms with Gasteiger partial charge in [0, 0.05) is 35.9 Å². The molecule has 140 valence electrons. The topological polar surface area (TPSA) is 66.1 Å². The third kappa shape index (κ3) is 3.26. The summed E-state index contributed by atoms with van der Waals surface area (Å²) in [6.45, 7) is 0.704. The molecule has 2 aromatic heterocycles. The average Bonchev–Trinajstić information content (AvgIpc) is 3.08. The van der Waals surface area contributed by atoms with Crippen LogP contribution in [0.25, 0.3) is 27.7 Å². The second-order valence-corrected chi connectivity index (χ2v) is 8.50. The zero-order valence-electron chi connectivity index (χ0n) is 14.5. The molecule has 4 rings (SSSR count). The molecule has 0 bridgehead atoms. The van der Waals surface area contributed by atoms with Gasteiger partial charge in [-0.15, -0.1) is 0 Å². The molecule has 0 saturated heterocycles. The van der Waals surface area contributed by atoms with Crippen molar-refractivity contribution in [3.8, 4) is 11.1 Å². The van der Waals surface area contributed by atoms with Crippen molar-refractivity contribution < 1.29 is 17.2 Å². The van der Waals surface area contributed by atoms with Crippen molar-refractivity contribution in [1.82, 2.24) is 14.3 Å². The van der Waals surface area contributed by atoms with Crippen molar-refractivity contribution in [1.29, 1.82) is 0 Å². The average molecular weight is 389 g/mol. The summed E-state index contributed by atoms with van der Waals surface area (Å²) in [6, 6.07) is 7.49. The third-order valence-corrected chi connectivity index (χ3v) is 5.95. The fraction of sp³-hybridized carbons (Fsp3) is 0.211. The van der Waals surface area contributed by atoms with Crippen LogP contribution in [-0.2, 0) is 10.0 Å². The third-order valence-electron chi connectivity index (χ3n) is 4.70. The van der Waals surface area contributed by atoms with Crippen molar-refractivity contribution >= 4 is 26.6 Å². The van der Waals surface area contributed by atoms with Crippen LogP contribution in [0.15, 0.2) is 42.6 Å². The first-order valence-electron chi connectivity index (χ1n) is 8.41. The van der Waals surface area contributed by atoms with E-state index in [0.29, 0.717) is 29.6 Å². The van der Waals surface area contributed by atoms with E-state index in [-0.39, 0.29) is 12.1 Å². The summed E-state index contributed by atoms with van der Waals surface area (Å²) in [6.07, 6.45) is 5.30. The lowest BCUT2D eigenvalue weighted by Gasteiger charge is -2.24. The highest BCUT2D eigenvalue weighted by Crippen LogP contribution is 2.33. The fourth-order valence-corrected chi connectivity index (χ4v) is 4.15. The molecule has 3 aromatic rings. The molecule has 0 amide bonds. The molecule has 8 heteroatoms. The SMILES string of the molecule is CS(=O)(=O)N1CCC=C(c2cc3c(-c4cccc(F)c4F)ccnc3[nH]2)C1. The molecule has 0 aliphatic carbocycles. The molecule has 3 heterocycles. The second kappa shape index (κ2) is 6.54. The van der Waals surface area contributed by atoms with E-state index in [1.54, 1.807) is 12.1 Å². The van der Waals surface area contributed by atoms with Crippen LogP contribution in [0.4, 0.5) is 8.78 Å². The summed E-state index contributed by atoms with van der Waals surface area (Å²) in [4.78, 5) is 7.44. The molecule has 0 saturated carbocycles. The smallest absolute Gasteiger partial charge is 0.211 e. The lowest BCUT2D eigenvalue weighted by molar-refractivity contribution is 0.447. The van der Waals surface area contributed by atoms with E-state index in [0.717, 1.165) is 17.3 Å². The Morgan fingerprint density at radius 1 is 1.19 bits per heavy atom. The number of benzene rings is 1. The van der Waals surface area contributed by atoms with Crippen molar-refractivity contribution in [2.75, 3.05) is 19.3 Å². The van der Waals surface area contributed by atoms with Crippen LogP contribution in [0.2, 0.25) is 0 Å². The standard InChI is InChI=1S/C19H17F2N3O2S/c1-27(25,26)24-9-3-4-12(11-24)17-10-15-13(7-8-22-19(15)23-17)14-5-2-6-16(20)18(14)21/h2,4-8,10H,3,9,11H2,1H3,(H,22,23). The van der Waals surface area contributed by atoms with E-state index < -0.39 is 21.7 Å². The largest absolute Gasteiger partial charge is 0.339 e. The lowest BCUT2D eigenvalue weighted by Crippen LogP contribution is -2.34. The number of hydrogen-bond donors (Lipinski definition) is 1. The number of fused-ring (bicyclic) bond motifs is 1. The number of nitrogens with zero attached hydrogens (tertiary/aromatic N) is 2.